The lowest BCUT2D eigenvalue weighted by Gasteiger charge is -2.38. The zero-order chi connectivity index (χ0) is 15.2. The lowest BCUT2D eigenvalue weighted by molar-refractivity contribution is -0.0469. The molecule has 3 nitrogen and oxygen atoms in total. The standard InChI is InChI=1S/C18H30N2O/c1-5-9-20-10-11-21-17(13-20)18(19-6-2)16-12-14(3)7-8-15(16)4/h7-8,12,17-19H,5-6,9-11,13H2,1-4H3. The van der Waals surface area contributed by atoms with Gasteiger partial charge in [-0.1, -0.05) is 37.6 Å². The average Bonchev–Trinajstić information content (AvgIpc) is 2.48. The molecule has 1 heterocycles. The minimum absolute atomic E-state index is 0.241. The SMILES string of the molecule is CCCN1CCOC(C(NCC)c2cc(C)ccc2C)C1. The van der Waals surface area contributed by atoms with Crippen LogP contribution >= 0.6 is 0 Å². The molecular weight excluding hydrogens is 260 g/mol. The Kier molecular flexibility index (Phi) is 6.22. The minimum Gasteiger partial charge on any atom is -0.374 e. The molecule has 1 aliphatic heterocycles. The number of nitrogens with one attached hydrogen (secondary N) is 1. The van der Waals surface area contributed by atoms with Crippen molar-refractivity contribution in [3.8, 4) is 0 Å². The molecule has 2 rings (SSSR count). The van der Waals surface area contributed by atoms with Crippen LogP contribution in [0.3, 0.4) is 0 Å². The predicted octanol–water partition coefficient (Wildman–Crippen LogP) is 3.06. The van der Waals surface area contributed by atoms with Crippen LogP contribution in [0.25, 0.3) is 0 Å². The fourth-order valence-corrected chi connectivity index (χ4v) is 3.21. The number of aryl methyl sites for hydroxylation is 2. The van der Waals surface area contributed by atoms with Crippen molar-refractivity contribution in [3.05, 3.63) is 34.9 Å². The normalized spacial score (nSPS) is 21.4. The van der Waals surface area contributed by atoms with Gasteiger partial charge in [-0.2, -0.15) is 0 Å². The van der Waals surface area contributed by atoms with Gasteiger partial charge in [0, 0.05) is 13.1 Å². The Morgan fingerprint density at radius 1 is 1.33 bits per heavy atom. The van der Waals surface area contributed by atoms with Crippen molar-refractivity contribution in [1.82, 2.24) is 10.2 Å². The van der Waals surface area contributed by atoms with E-state index < -0.39 is 0 Å². The molecule has 21 heavy (non-hydrogen) atoms. The smallest absolute Gasteiger partial charge is 0.0897 e. The fourth-order valence-electron chi connectivity index (χ4n) is 3.21. The number of hydrogen-bond acceptors (Lipinski definition) is 3. The van der Waals surface area contributed by atoms with Gasteiger partial charge in [-0.3, -0.25) is 4.90 Å². The zero-order valence-electron chi connectivity index (χ0n) is 14.0. The molecule has 2 atom stereocenters. The van der Waals surface area contributed by atoms with Crippen LogP contribution in [0, 0.1) is 13.8 Å². The number of nitrogens with zero attached hydrogens (tertiary/aromatic N) is 1. The van der Waals surface area contributed by atoms with Crippen LogP contribution in [-0.2, 0) is 4.74 Å². The summed E-state index contributed by atoms with van der Waals surface area (Å²) in [5, 5.41) is 3.65. The van der Waals surface area contributed by atoms with E-state index in [1.165, 1.54) is 29.7 Å². The quantitative estimate of drug-likeness (QED) is 0.871. The van der Waals surface area contributed by atoms with Crippen molar-refractivity contribution >= 4 is 0 Å². The Morgan fingerprint density at radius 2 is 2.14 bits per heavy atom. The number of likely N-dealkylation sites (N-methyl/N-ethyl adjacent to an activating group) is 1. The first kappa shape index (κ1) is 16.5. The third-order valence-corrected chi connectivity index (χ3v) is 4.28. The Bertz CT molecular complexity index is 445. The summed E-state index contributed by atoms with van der Waals surface area (Å²) in [6.45, 7) is 13.9. The van der Waals surface area contributed by atoms with Crippen molar-refractivity contribution in [2.45, 2.75) is 46.3 Å². The summed E-state index contributed by atoms with van der Waals surface area (Å²) < 4.78 is 6.11. The highest BCUT2D eigenvalue weighted by molar-refractivity contribution is 5.34. The predicted molar refractivity (Wildman–Crippen MR) is 88.8 cm³/mol. The first-order valence-electron chi connectivity index (χ1n) is 8.30. The molecule has 1 aliphatic rings. The van der Waals surface area contributed by atoms with Crippen LogP contribution in [0.15, 0.2) is 18.2 Å². The van der Waals surface area contributed by atoms with Crippen LogP contribution in [0.4, 0.5) is 0 Å². The molecule has 0 aromatic heterocycles. The Hall–Kier alpha value is -0.900. The van der Waals surface area contributed by atoms with E-state index in [9.17, 15) is 0 Å². The van der Waals surface area contributed by atoms with Gasteiger partial charge in [-0.25, -0.2) is 0 Å². The number of ether oxygens (including phenoxy) is 1. The second-order valence-electron chi connectivity index (χ2n) is 6.11. The van der Waals surface area contributed by atoms with Crippen molar-refractivity contribution in [2.75, 3.05) is 32.8 Å². The van der Waals surface area contributed by atoms with Crippen LogP contribution < -0.4 is 5.32 Å². The summed E-state index contributed by atoms with van der Waals surface area (Å²) in [5.74, 6) is 0. The van der Waals surface area contributed by atoms with E-state index in [1.54, 1.807) is 0 Å². The highest BCUT2D eigenvalue weighted by Crippen LogP contribution is 2.26. The molecule has 1 aromatic carbocycles. The highest BCUT2D eigenvalue weighted by Gasteiger charge is 2.29. The monoisotopic (exact) mass is 290 g/mol. The van der Waals surface area contributed by atoms with Crippen molar-refractivity contribution in [1.29, 1.82) is 0 Å². The van der Waals surface area contributed by atoms with Gasteiger partial charge in [0.05, 0.1) is 18.8 Å². The van der Waals surface area contributed by atoms with Gasteiger partial charge in [-0.15, -0.1) is 0 Å². The Balaban J connectivity index is 2.19. The molecule has 0 saturated carbocycles. The van der Waals surface area contributed by atoms with Crippen molar-refractivity contribution in [2.24, 2.45) is 0 Å². The maximum absolute atomic E-state index is 6.11. The first-order chi connectivity index (χ1) is 10.2. The molecule has 2 unspecified atom stereocenters. The van der Waals surface area contributed by atoms with Gasteiger partial charge < -0.3 is 10.1 Å². The average molecular weight is 290 g/mol. The van der Waals surface area contributed by atoms with E-state index in [4.69, 9.17) is 4.74 Å². The van der Waals surface area contributed by atoms with E-state index in [0.29, 0.717) is 0 Å². The van der Waals surface area contributed by atoms with Gasteiger partial charge in [0.2, 0.25) is 0 Å². The molecule has 0 spiro atoms. The Labute approximate surface area is 129 Å². The van der Waals surface area contributed by atoms with Gasteiger partial charge in [0.15, 0.2) is 0 Å². The maximum atomic E-state index is 6.11. The second kappa shape index (κ2) is 7.92. The Morgan fingerprint density at radius 3 is 2.86 bits per heavy atom. The molecule has 0 aliphatic carbocycles. The largest absolute Gasteiger partial charge is 0.374 e. The van der Waals surface area contributed by atoms with E-state index in [2.05, 4.69) is 56.1 Å². The van der Waals surface area contributed by atoms with Crippen LogP contribution in [0.1, 0.15) is 43.0 Å². The van der Waals surface area contributed by atoms with Gasteiger partial charge >= 0.3 is 0 Å². The van der Waals surface area contributed by atoms with Gasteiger partial charge in [0.1, 0.15) is 0 Å². The molecular formula is C18H30N2O. The summed E-state index contributed by atoms with van der Waals surface area (Å²) >= 11 is 0. The van der Waals surface area contributed by atoms with E-state index in [1.807, 2.05) is 0 Å². The molecule has 1 N–H and O–H groups in total. The number of morpholine rings is 1. The molecule has 118 valence electrons. The fraction of sp³-hybridized carbons (Fsp3) is 0.667. The summed E-state index contributed by atoms with van der Waals surface area (Å²) in [5.41, 5.74) is 4.06. The third kappa shape index (κ3) is 4.29. The molecule has 1 aromatic rings. The van der Waals surface area contributed by atoms with Crippen LogP contribution in [0.5, 0.6) is 0 Å². The summed E-state index contributed by atoms with van der Waals surface area (Å²) in [6.07, 6.45) is 1.45. The molecule has 1 fully saturated rings. The van der Waals surface area contributed by atoms with E-state index in [0.717, 1.165) is 26.2 Å². The summed E-state index contributed by atoms with van der Waals surface area (Å²) in [4.78, 5) is 2.53. The van der Waals surface area contributed by atoms with Gasteiger partial charge in [0.25, 0.3) is 0 Å². The van der Waals surface area contributed by atoms with Crippen LogP contribution in [0.2, 0.25) is 0 Å². The van der Waals surface area contributed by atoms with Crippen molar-refractivity contribution < 1.29 is 4.74 Å². The summed E-state index contributed by atoms with van der Waals surface area (Å²) in [6, 6.07) is 7.01. The maximum Gasteiger partial charge on any atom is 0.0897 e. The molecule has 1 saturated heterocycles. The first-order valence-corrected chi connectivity index (χ1v) is 8.30. The third-order valence-electron chi connectivity index (χ3n) is 4.28. The van der Waals surface area contributed by atoms with Gasteiger partial charge in [-0.05, 0) is 44.5 Å². The lowest BCUT2D eigenvalue weighted by atomic mass is 9.94. The minimum atomic E-state index is 0.241. The molecule has 0 bridgehead atoms. The lowest BCUT2D eigenvalue weighted by Crippen LogP contribution is -2.48. The molecule has 3 heteroatoms. The molecule has 0 radical (unpaired) electrons. The zero-order valence-corrected chi connectivity index (χ0v) is 14.0. The molecule has 0 amide bonds. The van der Waals surface area contributed by atoms with Crippen molar-refractivity contribution in [3.63, 3.8) is 0 Å². The summed E-state index contributed by atoms with van der Waals surface area (Å²) in [7, 11) is 0. The van der Waals surface area contributed by atoms with Crippen LogP contribution in [-0.4, -0.2) is 43.8 Å². The number of hydrogen-bond donors (Lipinski definition) is 1. The number of rotatable bonds is 6. The van der Waals surface area contributed by atoms with E-state index in [-0.39, 0.29) is 12.1 Å². The second-order valence-corrected chi connectivity index (χ2v) is 6.11. The number of benzene rings is 1. The topological polar surface area (TPSA) is 24.5 Å². The van der Waals surface area contributed by atoms with E-state index >= 15 is 0 Å². The highest BCUT2D eigenvalue weighted by atomic mass is 16.5.